The summed E-state index contributed by atoms with van der Waals surface area (Å²) < 4.78 is 13.0. The Morgan fingerprint density at radius 3 is 2.61 bits per heavy atom. The second kappa shape index (κ2) is 19.4. The van der Waals surface area contributed by atoms with Crippen LogP contribution < -0.4 is 32.3 Å². The first-order valence-corrected chi connectivity index (χ1v) is 25.1. The Hall–Kier alpha value is -2.03. The van der Waals surface area contributed by atoms with Gasteiger partial charge in [-0.2, -0.15) is 0 Å². The molecular weight excluding hydrogens is 781 g/mol. The monoisotopic (exact) mass is 863 g/mol. The summed E-state index contributed by atoms with van der Waals surface area (Å²) in [6, 6.07) is 0.197. The molecule has 8 rings (SSSR count). The van der Waals surface area contributed by atoms with Crippen molar-refractivity contribution in [1.29, 1.82) is 0 Å². The minimum absolute atomic E-state index is 0.0280. The molecular formula is C50H82N6O6. The molecule has 7 fully saturated rings. The smallest absolute Gasteiger partial charge is 0.350 e. The second-order valence-electron chi connectivity index (χ2n) is 22.1. The van der Waals surface area contributed by atoms with Crippen molar-refractivity contribution in [2.75, 3.05) is 39.9 Å². The third kappa shape index (κ3) is 9.20. The Labute approximate surface area is 372 Å². The number of carbonyl (C=O) groups excluding carboxylic acids is 3. The van der Waals surface area contributed by atoms with Crippen LogP contribution in [-0.4, -0.2) is 98.3 Å². The van der Waals surface area contributed by atoms with Gasteiger partial charge >= 0.3 is 5.97 Å². The highest BCUT2D eigenvalue weighted by Gasteiger charge is 2.87. The maximum Gasteiger partial charge on any atom is 0.350 e. The molecule has 0 spiro atoms. The number of aliphatic hydroxyl groups is 1. The molecule has 62 heavy (non-hydrogen) atoms. The van der Waals surface area contributed by atoms with Crippen molar-refractivity contribution in [3.8, 4) is 0 Å². The average molecular weight is 863 g/mol. The van der Waals surface area contributed by atoms with Crippen LogP contribution in [0.3, 0.4) is 0 Å². The Morgan fingerprint density at radius 1 is 1.02 bits per heavy atom. The van der Waals surface area contributed by atoms with Crippen LogP contribution in [0.4, 0.5) is 0 Å². The lowest BCUT2D eigenvalue weighted by Gasteiger charge is -2.45. The van der Waals surface area contributed by atoms with Gasteiger partial charge in [0.25, 0.3) is 5.60 Å². The molecule has 8 aliphatic rings. The summed E-state index contributed by atoms with van der Waals surface area (Å²) in [6.07, 6.45) is 20.8. The fourth-order valence-corrected chi connectivity index (χ4v) is 14.3. The quantitative estimate of drug-likeness (QED) is 0.0465. The first-order valence-electron chi connectivity index (χ1n) is 25.1. The predicted octanol–water partition coefficient (Wildman–Crippen LogP) is 5.24. The number of hydrogen-bond acceptors (Lipinski definition) is 12. The topological polar surface area (TPSA) is 179 Å². The van der Waals surface area contributed by atoms with E-state index in [0.29, 0.717) is 47.7 Å². The van der Waals surface area contributed by atoms with Crippen LogP contribution in [0.25, 0.3) is 0 Å². The molecule has 12 heteroatoms. The van der Waals surface area contributed by atoms with E-state index in [9.17, 15) is 9.90 Å². The number of ketones is 2. The van der Waals surface area contributed by atoms with Crippen molar-refractivity contribution in [3.63, 3.8) is 0 Å². The third-order valence-corrected chi connectivity index (χ3v) is 17.6. The van der Waals surface area contributed by atoms with E-state index in [-0.39, 0.29) is 66.8 Å². The molecule has 4 aliphatic carbocycles. The van der Waals surface area contributed by atoms with Crippen molar-refractivity contribution < 1.29 is 29.0 Å². The zero-order chi connectivity index (χ0) is 43.8. The summed E-state index contributed by atoms with van der Waals surface area (Å²) in [5.74, 6) is 0.573. The molecule has 12 nitrogen and oxygen atoms in total. The molecule has 8 N–H and O–H groups in total. The number of fused-ring (bicyclic) bond motifs is 4. The van der Waals surface area contributed by atoms with Gasteiger partial charge in [0.05, 0.1) is 31.7 Å². The van der Waals surface area contributed by atoms with Gasteiger partial charge in [-0.25, -0.2) is 4.79 Å². The van der Waals surface area contributed by atoms with Gasteiger partial charge in [0.2, 0.25) is 0 Å². The van der Waals surface area contributed by atoms with Crippen LogP contribution in [0, 0.1) is 58.7 Å². The summed E-state index contributed by atoms with van der Waals surface area (Å²) >= 11 is 0. The maximum atomic E-state index is 15.5. The number of nitrogens with one attached hydrogen (secondary N) is 5. The Morgan fingerprint density at radius 2 is 1.85 bits per heavy atom. The fourth-order valence-electron chi connectivity index (χ4n) is 14.3. The number of nitrogens with two attached hydrogens (primary N) is 1. The molecule has 0 aromatic rings. The van der Waals surface area contributed by atoms with Gasteiger partial charge < -0.3 is 41.6 Å². The molecule has 0 radical (unpaired) electrons. The van der Waals surface area contributed by atoms with Gasteiger partial charge in [-0.05, 0) is 176 Å². The Bertz CT molecular complexity index is 1680. The van der Waals surface area contributed by atoms with E-state index < -0.39 is 29.0 Å². The number of allylic oxidation sites excluding steroid dienone is 3. The molecule has 4 aliphatic heterocycles. The van der Waals surface area contributed by atoms with Crippen LogP contribution in [0.5, 0.6) is 0 Å². The number of epoxide rings is 1. The van der Waals surface area contributed by atoms with E-state index >= 15 is 9.59 Å². The van der Waals surface area contributed by atoms with Crippen molar-refractivity contribution in [2.45, 2.75) is 173 Å². The van der Waals surface area contributed by atoms with Crippen molar-refractivity contribution in [1.82, 2.24) is 26.6 Å². The predicted molar refractivity (Wildman–Crippen MR) is 241 cm³/mol. The standard InChI is InChI=1S/C50H82N6O6/c1-6-53-40-23-34-11-8-7-10-33(34)22-36(40)29-61-47(60)50-45(59)43-35(25-48(3,4)24-31-15-18-41(51)55-27-31)12-9-13-39(43)44(58)49(50,62-50)26-37(28-57)30(2)14-16-32-20-21-54-46-38(32)17-19-42(52-5)56-46/h8,11,31-36,38-43,46,52-57H,6-7,9-10,12-29,51H2,1-5H3/t31?,32?,33-,34-,35?,36+,38?,39?,40+,41?,42+,43?,46?,49-,50-/m0/s1. The van der Waals surface area contributed by atoms with Gasteiger partial charge in [0, 0.05) is 30.2 Å². The number of rotatable bonds is 16. The van der Waals surface area contributed by atoms with E-state index in [1.165, 1.54) is 0 Å². The van der Waals surface area contributed by atoms with Crippen LogP contribution in [0.1, 0.15) is 137 Å². The highest BCUT2D eigenvalue weighted by Crippen LogP contribution is 2.64. The van der Waals surface area contributed by atoms with E-state index in [0.717, 1.165) is 122 Å². The van der Waals surface area contributed by atoms with Crippen molar-refractivity contribution in [2.24, 2.45) is 64.4 Å². The minimum Gasteiger partial charge on any atom is -0.463 e. The molecule has 15 atom stereocenters. The molecule has 4 saturated heterocycles. The molecule has 8 unspecified atom stereocenters. The number of carbonyl (C=O) groups is 3. The summed E-state index contributed by atoms with van der Waals surface area (Å²) in [4.78, 5) is 45.7. The number of ether oxygens (including phenoxy) is 2. The number of hydrogen-bond donors (Lipinski definition) is 7. The third-order valence-electron chi connectivity index (χ3n) is 17.6. The number of piperidine rings is 3. The van der Waals surface area contributed by atoms with E-state index in [1.54, 1.807) is 0 Å². The first-order chi connectivity index (χ1) is 29.8. The first kappa shape index (κ1) is 46.5. The summed E-state index contributed by atoms with van der Waals surface area (Å²) in [7, 11) is 2.01. The Kier molecular flexibility index (Phi) is 14.6. The highest BCUT2D eigenvalue weighted by atomic mass is 16.7. The molecule has 4 heterocycles. The normalized spacial score (nSPS) is 42.2. The van der Waals surface area contributed by atoms with Crippen molar-refractivity contribution >= 4 is 17.5 Å². The molecule has 0 amide bonds. The average Bonchev–Trinajstić information content (AvgIpc) is 3.97. The SMILES string of the molecule is CCN[C@@H]1C[C@@H]2C=CCC[C@H]2C[C@@H]1COC(=O)[C@]12O[C@@]1(CC(CO)=C(C)CCC1CCNC3N[C@@H](NC)CCC13)C(=O)C1CCCC(CC(C)(C)CC3CCC(N)NC3)C1C2=O. The van der Waals surface area contributed by atoms with Gasteiger partial charge in [0.1, 0.15) is 0 Å². The van der Waals surface area contributed by atoms with Crippen LogP contribution >= 0.6 is 0 Å². The highest BCUT2D eigenvalue weighted by molar-refractivity contribution is 6.23. The minimum atomic E-state index is -1.98. The van der Waals surface area contributed by atoms with E-state index in [1.807, 2.05) is 7.05 Å². The van der Waals surface area contributed by atoms with Gasteiger partial charge in [0.15, 0.2) is 17.2 Å². The van der Waals surface area contributed by atoms with Crippen LogP contribution in [-0.2, 0) is 23.9 Å². The number of Topliss-reactive ketones (excluding diaryl/α,β-unsaturated/α-hetero) is 2. The zero-order valence-corrected chi connectivity index (χ0v) is 38.8. The van der Waals surface area contributed by atoms with Gasteiger partial charge in [-0.3, -0.25) is 14.9 Å². The fraction of sp³-hybridized carbons (Fsp3) is 0.860. The van der Waals surface area contributed by atoms with Crippen LogP contribution in [0.2, 0.25) is 0 Å². The Balaban J connectivity index is 1.04. The maximum absolute atomic E-state index is 15.5. The summed E-state index contributed by atoms with van der Waals surface area (Å²) in [5.41, 5.74) is 4.22. The molecule has 0 aromatic carbocycles. The summed E-state index contributed by atoms with van der Waals surface area (Å²) in [6.45, 7) is 11.4. The number of esters is 1. The summed E-state index contributed by atoms with van der Waals surface area (Å²) in [5, 5.41) is 29.0. The molecule has 0 aromatic heterocycles. The lowest BCUT2D eigenvalue weighted by Crippen LogP contribution is -2.62. The number of aliphatic hydroxyl groups excluding tert-OH is 1. The molecule has 3 saturated carbocycles. The van der Waals surface area contributed by atoms with Crippen molar-refractivity contribution in [3.05, 3.63) is 23.3 Å². The van der Waals surface area contributed by atoms with Gasteiger partial charge in [-0.15, -0.1) is 0 Å². The van der Waals surface area contributed by atoms with Gasteiger partial charge in [-0.1, -0.05) is 44.9 Å². The zero-order valence-electron chi connectivity index (χ0n) is 38.8. The lowest BCUT2D eigenvalue weighted by molar-refractivity contribution is -0.161. The van der Waals surface area contributed by atoms with E-state index in [4.69, 9.17) is 15.2 Å². The second-order valence-corrected chi connectivity index (χ2v) is 22.1. The largest absolute Gasteiger partial charge is 0.463 e. The van der Waals surface area contributed by atoms with E-state index in [2.05, 4.69) is 66.4 Å². The van der Waals surface area contributed by atoms with Crippen LogP contribution in [0.15, 0.2) is 23.3 Å². The molecule has 0 bridgehead atoms. The molecule has 348 valence electrons. The lowest BCUT2D eigenvalue weighted by atomic mass is 9.55.